The zero-order chi connectivity index (χ0) is 9.47. The Kier molecular flexibility index (Phi) is 2.03. The van der Waals surface area contributed by atoms with Crippen LogP contribution >= 0.6 is 0 Å². The standard InChI is InChI=1S/C7H12N2O3S/c10-6-2-1-3-9-4-5-13(11,12)8-7(6)9/h6,10H,1-5H2. The summed E-state index contributed by atoms with van der Waals surface area (Å²) in [4.78, 5) is 1.86. The topological polar surface area (TPSA) is 70.0 Å². The largest absolute Gasteiger partial charge is 0.385 e. The molecule has 0 aromatic carbocycles. The summed E-state index contributed by atoms with van der Waals surface area (Å²) in [6.07, 6.45) is 0.828. The number of piperidine rings is 1. The molecule has 5 nitrogen and oxygen atoms in total. The van der Waals surface area contributed by atoms with Crippen molar-refractivity contribution < 1.29 is 13.5 Å². The van der Waals surface area contributed by atoms with Crippen LogP contribution in [-0.4, -0.2) is 49.2 Å². The molecule has 0 spiro atoms. The molecular formula is C7H12N2O3S. The second kappa shape index (κ2) is 2.95. The highest BCUT2D eigenvalue weighted by Gasteiger charge is 2.31. The molecule has 1 N–H and O–H groups in total. The maximum atomic E-state index is 11.1. The van der Waals surface area contributed by atoms with Gasteiger partial charge in [0.2, 0.25) is 0 Å². The van der Waals surface area contributed by atoms with Crippen LogP contribution in [0.4, 0.5) is 0 Å². The van der Waals surface area contributed by atoms with Crippen LogP contribution < -0.4 is 0 Å². The Balaban J connectivity index is 2.34. The fourth-order valence-electron chi connectivity index (χ4n) is 1.69. The van der Waals surface area contributed by atoms with E-state index in [2.05, 4.69) is 4.40 Å². The molecule has 0 aliphatic carbocycles. The molecule has 0 aromatic heterocycles. The number of sulfonamides is 1. The Bertz CT molecular complexity index is 336. The summed E-state index contributed by atoms with van der Waals surface area (Å²) in [5, 5.41) is 9.50. The second-order valence-electron chi connectivity index (χ2n) is 3.38. The molecule has 0 aromatic rings. The third-order valence-corrected chi connectivity index (χ3v) is 3.54. The Morgan fingerprint density at radius 2 is 2.23 bits per heavy atom. The quantitative estimate of drug-likeness (QED) is 0.560. The molecule has 2 heterocycles. The first-order valence-electron chi connectivity index (χ1n) is 4.34. The number of rotatable bonds is 0. The molecule has 2 aliphatic rings. The van der Waals surface area contributed by atoms with E-state index >= 15 is 0 Å². The number of amidine groups is 1. The van der Waals surface area contributed by atoms with Gasteiger partial charge in [0, 0.05) is 13.1 Å². The minimum absolute atomic E-state index is 0.0726. The number of aliphatic hydroxyl groups is 1. The van der Waals surface area contributed by atoms with Crippen molar-refractivity contribution in [3.8, 4) is 0 Å². The average molecular weight is 204 g/mol. The number of nitrogens with zero attached hydrogens (tertiary/aromatic N) is 2. The zero-order valence-electron chi connectivity index (χ0n) is 7.18. The van der Waals surface area contributed by atoms with Gasteiger partial charge in [-0.3, -0.25) is 0 Å². The van der Waals surface area contributed by atoms with Crippen molar-refractivity contribution in [2.45, 2.75) is 18.9 Å². The number of hydrogen-bond donors (Lipinski definition) is 1. The summed E-state index contributed by atoms with van der Waals surface area (Å²) >= 11 is 0. The first kappa shape index (κ1) is 8.96. The van der Waals surface area contributed by atoms with E-state index in [-0.39, 0.29) is 5.75 Å². The molecule has 0 bridgehead atoms. The summed E-state index contributed by atoms with van der Waals surface area (Å²) in [7, 11) is -3.30. The molecule has 0 saturated carbocycles. The first-order valence-corrected chi connectivity index (χ1v) is 5.95. The van der Waals surface area contributed by atoms with Crippen LogP contribution in [0.15, 0.2) is 4.40 Å². The van der Waals surface area contributed by atoms with E-state index in [4.69, 9.17) is 0 Å². The Morgan fingerprint density at radius 1 is 1.46 bits per heavy atom. The Labute approximate surface area is 77.1 Å². The van der Waals surface area contributed by atoms with E-state index in [1.807, 2.05) is 4.90 Å². The lowest BCUT2D eigenvalue weighted by atomic mass is 10.1. The molecule has 0 amide bonds. The summed E-state index contributed by atoms with van der Waals surface area (Å²) in [6.45, 7) is 1.28. The minimum atomic E-state index is -3.30. The van der Waals surface area contributed by atoms with Crippen molar-refractivity contribution in [3.63, 3.8) is 0 Å². The van der Waals surface area contributed by atoms with Crippen molar-refractivity contribution >= 4 is 15.9 Å². The Morgan fingerprint density at radius 3 is 3.00 bits per heavy atom. The fourth-order valence-corrected chi connectivity index (χ4v) is 2.75. The van der Waals surface area contributed by atoms with Crippen LogP contribution in [0.1, 0.15) is 12.8 Å². The molecule has 2 aliphatic heterocycles. The van der Waals surface area contributed by atoms with Crippen LogP contribution in [-0.2, 0) is 10.0 Å². The maximum Gasteiger partial charge on any atom is 0.256 e. The smallest absolute Gasteiger partial charge is 0.256 e. The lowest BCUT2D eigenvalue weighted by molar-refractivity contribution is 0.180. The van der Waals surface area contributed by atoms with Gasteiger partial charge in [-0.15, -0.1) is 4.40 Å². The van der Waals surface area contributed by atoms with Crippen molar-refractivity contribution in [3.05, 3.63) is 0 Å². The highest BCUT2D eigenvalue weighted by molar-refractivity contribution is 7.90. The van der Waals surface area contributed by atoms with Crippen molar-refractivity contribution in [1.82, 2.24) is 4.90 Å². The molecule has 74 valence electrons. The number of hydrogen-bond acceptors (Lipinski definition) is 4. The molecule has 6 heteroatoms. The molecular weight excluding hydrogens is 192 g/mol. The normalized spacial score (nSPS) is 32.2. The predicted molar refractivity (Wildman–Crippen MR) is 48.0 cm³/mol. The van der Waals surface area contributed by atoms with E-state index in [0.717, 1.165) is 13.0 Å². The van der Waals surface area contributed by atoms with Gasteiger partial charge in [-0.05, 0) is 12.8 Å². The molecule has 1 atom stereocenters. The van der Waals surface area contributed by atoms with Gasteiger partial charge in [0.1, 0.15) is 11.9 Å². The first-order chi connectivity index (χ1) is 6.08. The summed E-state index contributed by atoms with van der Waals surface area (Å²) in [6, 6.07) is 0. The lowest BCUT2D eigenvalue weighted by Crippen LogP contribution is -2.49. The molecule has 1 fully saturated rings. The lowest BCUT2D eigenvalue weighted by Gasteiger charge is -2.35. The van der Waals surface area contributed by atoms with Crippen LogP contribution in [0.5, 0.6) is 0 Å². The summed E-state index contributed by atoms with van der Waals surface area (Å²) in [5.74, 6) is 0.418. The van der Waals surface area contributed by atoms with Gasteiger partial charge >= 0.3 is 0 Å². The third kappa shape index (κ3) is 1.68. The maximum absolute atomic E-state index is 11.1. The van der Waals surface area contributed by atoms with Gasteiger partial charge in [-0.1, -0.05) is 0 Å². The summed E-state index contributed by atoms with van der Waals surface area (Å²) in [5.41, 5.74) is 0. The van der Waals surface area contributed by atoms with Gasteiger partial charge < -0.3 is 10.0 Å². The van der Waals surface area contributed by atoms with Crippen molar-refractivity contribution in [2.75, 3.05) is 18.8 Å². The average Bonchev–Trinajstić information content (AvgIpc) is 2.06. The molecule has 1 saturated heterocycles. The highest BCUT2D eigenvalue weighted by Crippen LogP contribution is 2.17. The van der Waals surface area contributed by atoms with Gasteiger partial charge in [0.05, 0.1) is 5.75 Å². The van der Waals surface area contributed by atoms with Gasteiger partial charge in [0.15, 0.2) is 0 Å². The fraction of sp³-hybridized carbons (Fsp3) is 0.857. The van der Waals surface area contributed by atoms with Crippen LogP contribution in [0.25, 0.3) is 0 Å². The zero-order valence-corrected chi connectivity index (χ0v) is 8.00. The SMILES string of the molecule is O=S1(=O)CCN2CCCC(O)C2=N1. The third-order valence-electron chi connectivity index (χ3n) is 2.38. The van der Waals surface area contributed by atoms with Crippen LogP contribution in [0, 0.1) is 0 Å². The predicted octanol–water partition coefficient (Wildman–Crippen LogP) is -0.815. The second-order valence-corrected chi connectivity index (χ2v) is 5.14. The van der Waals surface area contributed by atoms with E-state index in [0.29, 0.717) is 18.8 Å². The molecule has 13 heavy (non-hydrogen) atoms. The van der Waals surface area contributed by atoms with E-state index in [1.54, 1.807) is 0 Å². The van der Waals surface area contributed by atoms with E-state index < -0.39 is 16.1 Å². The van der Waals surface area contributed by atoms with Crippen molar-refractivity contribution in [1.29, 1.82) is 0 Å². The Hall–Kier alpha value is -0.620. The monoisotopic (exact) mass is 204 g/mol. The van der Waals surface area contributed by atoms with E-state index in [9.17, 15) is 13.5 Å². The van der Waals surface area contributed by atoms with Crippen molar-refractivity contribution in [2.24, 2.45) is 4.40 Å². The van der Waals surface area contributed by atoms with E-state index in [1.165, 1.54) is 0 Å². The van der Waals surface area contributed by atoms with Gasteiger partial charge in [0.25, 0.3) is 10.0 Å². The molecule has 1 unspecified atom stereocenters. The molecule has 0 radical (unpaired) electrons. The summed E-state index contributed by atoms with van der Waals surface area (Å²) < 4.78 is 25.8. The minimum Gasteiger partial charge on any atom is -0.385 e. The molecule has 2 rings (SSSR count). The number of aliphatic hydroxyl groups excluding tert-OH is 1. The highest BCUT2D eigenvalue weighted by atomic mass is 32.2. The van der Waals surface area contributed by atoms with Crippen LogP contribution in [0.2, 0.25) is 0 Å². The van der Waals surface area contributed by atoms with Gasteiger partial charge in [-0.25, -0.2) is 8.42 Å². The number of fused-ring (bicyclic) bond motifs is 1. The van der Waals surface area contributed by atoms with Gasteiger partial charge in [-0.2, -0.15) is 0 Å². The van der Waals surface area contributed by atoms with Crippen LogP contribution in [0.3, 0.4) is 0 Å².